The molecule has 3 heterocycles. The molecule has 2 aromatic carbocycles. The van der Waals surface area contributed by atoms with Crippen LogP contribution in [0.15, 0.2) is 60.9 Å². The molecule has 0 bridgehead atoms. The first kappa shape index (κ1) is 23.3. The third kappa shape index (κ3) is 5.30. The van der Waals surface area contributed by atoms with E-state index in [1.807, 2.05) is 75.1 Å². The third-order valence-corrected chi connectivity index (χ3v) is 6.95. The number of amides is 2. The summed E-state index contributed by atoms with van der Waals surface area (Å²) in [5, 5.41) is 4.38. The average molecular weight is 472 g/mol. The Morgan fingerprint density at radius 3 is 1.91 bits per heavy atom. The number of carbonyl (C=O) groups excluding carboxylic acids is 2. The van der Waals surface area contributed by atoms with Crippen molar-refractivity contribution < 1.29 is 9.59 Å². The fraction of sp³-hybridized carbons (Fsp3) is 0.393. The number of fused-ring (bicyclic) bond motifs is 2. The van der Waals surface area contributed by atoms with Crippen molar-refractivity contribution in [2.75, 3.05) is 42.5 Å². The zero-order valence-corrected chi connectivity index (χ0v) is 20.4. The smallest absolute Gasteiger partial charge is 0.241 e. The van der Waals surface area contributed by atoms with E-state index in [1.54, 1.807) is 0 Å². The first-order chi connectivity index (χ1) is 17.1. The number of nitrogens with zero attached hydrogens (tertiary/aromatic N) is 5. The topological polar surface area (TPSA) is 61.7 Å². The van der Waals surface area contributed by atoms with Crippen LogP contribution in [-0.2, 0) is 29.0 Å². The van der Waals surface area contributed by atoms with E-state index in [2.05, 4.69) is 17.2 Å². The van der Waals surface area contributed by atoms with E-state index in [9.17, 15) is 9.59 Å². The molecule has 7 heteroatoms. The molecule has 1 aromatic heterocycles. The number of hydrogen-bond donors (Lipinski definition) is 0. The Morgan fingerprint density at radius 2 is 1.40 bits per heavy atom. The van der Waals surface area contributed by atoms with E-state index < -0.39 is 0 Å². The number of hydrogen-bond acceptors (Lipinski definition) is 4. The van der Waals surface area contributed by atoms with E-state index in [4.69, 9.17) is 0 Å². The van der Waals surface area contributed by atoms with E-state index in [0.29, 0.717) is 13.1 Å². The van der Waals surface area contributed by atoms with Gasteiger partial charge >= 0.3 is 0 Å². The molecule has 0 unspecified atom stereocenters. The van der Waals surface area contributed by atoms with Gasteiger partial charge in [0, 0.05) is 37.2 Å². The molecule has 0 aliphatic carbocycles. The van der Waals surface area contributed by atoms with Gasteiger partial charge in [0.25, 0.3) is 0 Å². The summed E-state index contributed by atoms with van der Waals surface area (Å²) in [6, 6.07) is 16.3. The van der Waals surface area contributed by atoms with Crippen molar-refractivity contribution in [1.82, 2.24) is 14.7 Å². The molecule has 3 aromatic rings. The average Bonchev–Trinajstić information content (AvgIpc) is 3.31. The molecule has 2 aliphatic heterocycles. The van der Waals surface area contributed by atoms with Crippen molar-refractivity contribution in [1.29, 1.82) is 0 Å². The number of carbonyl (C=O) groups is 2. The molecule has 5 rings (SSSR count). The maximum Gasteiger partial charge on any atom is 0.241 e. The summed E-state index contributed by atoms with van der Waals surface area (Å²) in [5.74, 6) is 0.0845. The van der Waals surface area contributed by atoms with Crippen LogP contribution in [0.4, 0.5) is 11.4 Å². The summed E-state index contributed by atoms with van der Waals surface area (Å²) in [7, 11) is 0. The summed E-state index contributed by atoms with van der Waals surface area (Å²) in [6.07, 6.45) is 7.72. The Hall–Kier alpha value is -3.45. The predicted molar refractivity (Wildman–Crippen MR) is 138 cm³/mol. The van der Waals surface area contributed by atoms with Gasteiger partial charge in [0.15, 0.2) is 0 Å². The SMILES string of the molecule is Cc1cnn(CCN(CC(=O)N2CCCc3ccccc32)CC(=O)N2CCCc3ccccc32)c1. The third-order valence-electron chi connectivity index (χ3n) is 6.95. The first-order valence-corrected chi connectivity index (χ1v) is 12.6. The highest BCUT2D eigenvalue weighted by atomic mass is 16.2. The van der Waals surface area contributed by atoms with Gasteiger partial charge in [-0.05, 0) is 61.4 Å². The van der Waals surface area contributed by atoms with Crippen LogP contribution in [0.25, 0.3) is 0 Å². The van der Waals surface area contributed by atoms with Crippen LogP contribution in [0.2, 0.25) is 0 Å². The van der Waals surface area contributed by atoms with Crippen LogP contribution in [-0.4, -0.2) is 59.2 Å². The van der Waals surface area contributed by atoms with Crippen molar-refractivity contribution in [2.24, 2.45) is 0 Å². The molecule has 0 saturated heterocycles. The second-order valence-electron chi connectivity index (χ2n) is 9.55. The fourth-order valence-corrected chi connectivity index (χ4v) is 5.19. The largest absolute Gasteiger partial charge is 0.311 e. The lowest BCUT2D eigenvalue weighted by atomic mass is 10.0. The van der Waals surface area contributed by atoms with Crippen molar-refractivity contribution >= 4 is 23.2 Å². The maximum atomic E-state index is 13.5. The van der Waals surface area contributed by atoms with Gasteiger partial charge in [0.05, 0.1) is 25.8 Å². The van der Waals surface area contributed by atoms with Crippen LogP contribution in [0.3, 0.4) is 0 Å². The van der Waals surface area contributed by atoms with E-state index in [-0.39, 0.29) is 24.9 Å². The van der Waals surface area contributed by atoms with Crippen LogP contribution in [0, 0.1) is 6.92 Å². The Bertz CT molecular complexity index is 1130. The molecule has 2 amide bonds. The Labute approximate surface area is 206 Å². The summed E-state index contributed by atoms with van der Waals surface area (Å²) in [6.45, 7) is 5.05. The zero-order chi connectivity index (χ0) is 24.2. The molecule has 0 fully saturated rings. The summed E-state index contributed by atoms with van der Waals surface area (Å²) >= 11 is 0. The number of aromatic nitrogens is 2. The lowest BCUT2D eigenvalue weighted by Gasteiger charge is -2.33. The Kier molecular flexibility index (Phi) is 6.95. The van der Waals surface area contributed by atoms with Crippen molar-refractivity contribution in [3.8, 4) is 0 Å². The summed E-state index contributed by atoms with van der Waals surface area (Å²) < 4.78 is 1.88. The Morgan fingerprint density at radius 1 is 0.857 bits per heavy atom. The molecule has 2 aliphatic rings. The number of para-hydroxylation sites is 2. The highest BCUT2D eigenvalue weighted by molar-refractivity contribution is 5.98. The van der Waals surface area contributed by atoms with E-state index >= 15 is 0 Å². The molecule has 0 spiro atoms. The number of benzene rings is 2. The van der Waals surface area contributed by atoms with Gasteiger partial charge < -0.3 is 9.80 Å². The molecule has 182 valence electrons. The molecular weight excluding hydrogens is 438 g/mol. The number of rotatable bonds is 7. The van der Waals surface area contributed by atoms with Gasteiger partial charge in [-0.15, -0.1) is 0 Å². The van der Waals surface area contributed by atoms with Crippen LogP contribution in [0.1, 0.15) is 29.5 Å². The lowest BCUT2D eigenvalue weighted by Crippen LogP contribution is -2.48. The van der Waals surface area contributed by atoms with Gasteiger partial charge in [-0.25, -0.2) is 0 Å². The molecular formula is C28H33N5O2. The van der Waals surface area contributed by atoms with Crippen molar-refractivity contribution in [3.05, 3.63) is 77.6 Å². The molecule has 35 heavy (non-hydrogen) atoms. The fourth-order valence-electron chi connectivity index (χ4n) is 5.19. The highest BCUT2D eigenvalue weighted by Crippen LogP contribution is 2.28. The van der Waals surface area contributed by atoms with Gasteiger partial charge in [-0.2, -0.15) is 5.10 Å². The monoisotopic (exact) mass is 471 g/mol. The number of aryl methyl sites for hydroxylation is 3. The molecule has 0 saturated carbocycles. The Balaban J connectivity index is 1.32. The normalized spacial score (nSPS) is 15.1. The summed E-state index contributed by atoms with van der Waals surface area (Å²) in [5.41, 5.74) is 5.53. The lowest BCUT2D eigenvalue weighted by molar-refractivity contribution is -0.122. The van der Waals surface area contributed by atoms with Crippen molar-refractivity contribution in [2.45, 2.75) is 39.2 Å². The van der Waals surface area contributed by atoms with Crippen LogP contribution >= 0.6 is 0 Å². The van der Waals surface area contributed by atoms with Crippen LogP contribution in [0.5, 0.6) is 0 Å². The molecule has 0 radical (unpaired) electrons. The van der Waals surface area contributed by atoms with Gasteiger partial charge in [-0.3, -0.25) is 19.2 Å². The predicted octanol–water partition coefficient (Wildman–Crippen LogP) is 3.45. The second-order valence-corrected chi connectivity index (χ2v) is 9.55. The van der Waals surface area contributed by atoms with Crippen LogP contribution < -0.4 is 9.80 Å². The van der Waals surface area contributed by atoms with E-state index in [0.717, 1.165) is 55.7 Å². The van der Waals surface area contributed by atoms with Crippen molar-refractivity contribution in [3.63, 3.8) is 0 Å². The molecule has 7 nitrogen and oxygen atoms in total. The van der Waals surface area contributed by atoms with Gasteiger partial charge in [0.2, 0.25) is 11.8 Å². The molecule has 0 N–H and O–H groups in total. The van der Waals surface area contributed by atoms with E-state index in [1.165, 1.54) is 11.1 Å². The molecule has 0 atom stereocenters. The standard InChI is InChI=1S/C28H33N5O2/c1-22-18-29-31(19-22)17-16-30(20-27(34)32-14-6-10-23-8-2-4-12-25(23)32)21-28(35)33-15-7-11-24-9-3-5-13-26(24)33/h2-5,8-9,12-13,18-19H,6-7,10-11,14-17,20-21H2,1H3. The second kappa shape index (κ2) is 10.4. The summed E-state index contributed by atoms with van der Waals surface area (Å²) in [4.78, 5) is 32.7. The zero-order valence-electron chi connectivity index (χ0n) is 20.4. The first-order valence-electron chi connectivity index (χ1n) is 12.6. The quantitative estimate of drug-likeness (QED) is 0.530. The maximum absolute atomic E-state index is 13.5. The minimum atomic E-state index is 0.0423. The number of anilines is 2. The minimum absolute atomic E-state index is 0.0423. The van der Waals surface area contributed by atoms with Gasteiger partial charge in [0.1, 0.15) is 0 Å². The minimum Gasteiger partial charge on any atom is -0.311 e. The highest BCUT2D eigenvalue weighted by Gasteiger charge is 2.27. The van der Waals surface area contributed by atoms with Gasteiger partial charge in [-0.1, -0.05) is 36.4 Å².